The van der Waals surface area contributed by atoms with Crippen LogP contribution in [0.4, 0.5) is 0 Å². The molecule has 0 saturated heterocycles. The average Bonchev–Trinajstić information content (AvgIpc) is 2.52. The molecule has 0 radical (unpaired) electrons. The Labute approximate surface area is 128 Å². The average molecular weight is 283 g/mol. The first-order valence-electron chi connectivity index (χ1n) is 7.66. The van der Waals surface area contributed by atoms with E-state index in [0.717, 1.165) is 25.1 Å². The molecule has 2 rings (SSSR count). The molecule has 0 aliphatic carbocycles. The van der Waals surface area contributed by atoms with Gasteiger partial charge >= 0.3 is 0 Å². The highest BCUT2D eigenvalue weighted by atomic mass is 16.5. The van der Waals surface area contributed by atoms with E-state index < -0.39 is 0 Å². The van der Waals surface area contributed by atoms with Crippen LogP contribution in [-0.4, -0.2) is 13.7 Å². The van der Waals surface area contributed by atoms with Crippen molar-refractivity contribution in [1.82, 2.24) is 5.32 Å². The van der Waals surface area contributed by atoms with Gasteiger partial charge in [-0.05, 0) is 49.1 Å². The van der Waals surface area contributed by atoms with E-state index in [9.17, 15) is 0 Å². The highest BCUT2D eigenvalue weighted by Crippen LogP contribution is 2.25. The number of rotatable bonds is 7. The van der Waals surface area contributed by atoms with Crippen LogP contribution in [0.3, 0.4) is 0 Å². The van der Waals surface area contributed by atoms with E-state index >= 15 is 0 Å². The number of benzene rings is 2. The summed E-state index contributed by atoms with van der Waals surface area (Å²) in [5.74, 6) is 0.956. The summed E-state index contributed by atoms with van der Waals surface area (Å²) in [6.07, 6.45) is 2.19. The highest BCUT2D eigenvalue weighted by molar-refractivity contribution is 5.37. The monoisotopic (exact) mass is 283 g/mol. The summed E-state index contributed by atoms with van der Waals surface area (Å²) in [5, 5.41) is 3.59. The van der Waals surface area contributed by atoms with E-state index in [0.29, 0.717) is 6.04 Å². The third-order valence-corrected chi connectivity index (χ3v) is 3.84. The molecule has 1 unspecified atom stereocenters. The lowest BCUT2D eigenvalue weighted by Gasteiger charge is -2.19. The summed E-state index contributed by atoms with van der Waals surface area (Å²) >= 11 is 0. The fraction of sp³-hybridized carbons (Fsp3) is 0.368. The van der Waals surface area contributed by atoms with E-state index in [1.165, 1.54) is 16.7 Å². The van der Waals surface area contributed by atoms with Gasteiger partial charge in [-0.15, -0.1) is 0 Å². The maximum absolute atomic E-state index is 5.35. The first-order chi connectivity index (χ1) is 10.2. The molecule has 2 heteroatoms. The molecule has 21 heavy (non-hydrogen) atoms. The minimum Gasteiger partial charge on any atom is -0.496 e. The smallest absolute Gasteiger partial charge is 0.121 e. The van der Waals surface area contributed by atoms with Crippen molar-refractivity contribution in [2.45, 2.75) is 32.7 Å². The SMILES string of the molecule is CCNC(CCc1ccccc1)c1ccc(OC)c(C)c1. The van der Waals surface area contributed by atoms with Gasteiger partial charge < -0.3 is 10.1 Å². The molecule has 2 aromatic carbocycles. The maximum Gasteiger partial charge on any atom is 0.121 e. The van der Waals surface area contributed by atoms with Crippen molar-refractivity contribution < 1.29 is 4.74 Å². The van der Waals surface area contributed by atoms with Gasteiger partial charge in [0.15, 0.2) is 0 Å². The third-order valence-electron chi connectivity index (χ3n) is 3.84. The molecule has 2 nitrogen and oxygen atoms in total. The van der Waals surface area contributed by atoms with Crippen molar-refractivity contribution in [1.29, 1.82) is 0 Å². The highest BCUT2D eigenvalue weighted by Gasteiger charge is 2.12. The maximum atomic E-state index is 5.35. The van der Waals surface area contributed by atoms with Crippen molar-refractivity contribution in [2.75, 3.05) is 13.7 Å². The van der Waals surface area contributed by atoms with Crippen LogP contribution in [0.25, 0.3) is 0 Å². The Hall–Kier alpha value is -1.80. The predicted octanol–water partition coefficient (Wildman–Crippen LogP) is 4.29. The van der Waals surface area contributed by atoms with Crippen LogP contribution < -0.4 is 10.1 Å². The van der Waals surface area contributed by atoms with E-state index in [2.05, 4.69) is 67.7 Å². The molecule has 2 aromatic rings. The van der Waals surface area contributed by atoms with Gasteiger partial charge in [-0.3, -0.25) is 0 Å². The summed E-state index contributed by atoms with van der Waals surface area (Å²) in [5.41, 5.74) is 3.93. The third kappa shape index (κ3) is 4.33. The Morgan fingerprint density at radius 3 is 2.48 bits per heavy atom. The minimum absolute atomic E-state index is 0.389. The van der Waals surface area contributed by atoms with Crippen LogP contribution in [0.2, 0.25) is 0 Å². The van der Waals surface area contributed by atoms with Crippen LogP contribution in [0.15, 0.2) is 48.5 Å². The van der Waals surface area contributed by atoms with E-state index in [1.807, 2.05) is 0 Å². The molecule has 0 amide bonds. The molecular weight excluding hydrogens is 258 g/mol. The molecule has 0 heterocycles. The topological polar surface area (TPSA) is 21.3 Å². The second-order valence-corrected chi connectivity index (χ2v) is 5.36. The number of nitrogens with one attached hydrogen (secondary N) is 1. The number of hydrogen-bond donors (Lipinski definition) is 1. The van der Waals surface area contributed by atoms with Gasteiger partial charge in [0.25, 0.3) is 0 Å². The summed E-state index contributed by atoms with van der Waals surface area (Å²) in [6.45, 7) is 5.24. The van der Waals surface area contributed by atoms with Crippen LogP contribution in [0.5, 0.6) is 5.75 Å². The minimum atomic E-state index is 0.389. The fourth-order valence-electron chi connectivity index (χ4n) is 2.71. The van der Waals surface area contributed by atoms with Gasteiger partial charge in [0, 0.05) is 6.04 Å². The summed E-state index contributed by atoms with van der Waals surface area (Å²) in [4.78, 5) is 0. The second-order valence-electron chi connectivity index (χ2n) is 5.36. The molecule has 0 bridgehead atoms. The molecule has 1 atom stereocenters. The van der Waals surface area contributed by atoms with Crippen molar-refractivity contribution in [2.24, 2.45) is 0 Å². The van der Waals surface area contributed by atoms with Crippen molar-refractivity contribution in [3.63, 3.8) is 0 Å². The number of methoxy groups -OCH3 is 1. The molecule has 0 saturated carbocycles. The first-order valence-corrected chi connectivity index (χ1v) is 7.66. The van der Waals surface area contributed by atoms with Crippen molar-refractivity contribution in [3.8, 4) is 5.75 Å². The molecule has 1 N–H and O–H groups in total. The van der Waals surface area contributed by atoms with Gasteiger partial charge in [0.2, 0.25) is 0 Å². The summed E-state index contributed by atoms with van der Waals surface area (Å²) < 4.78 is 5.35. The number of hydrogen-bond acceptors (Lipinski definition) is 2. The Morgan fingerprint density at radius 2 is 1.86 bits per heavy atom. The zero-order chi connectivity index (χ0) is 15.1. The van der Waals surface area contributed by atoms with Crippen LogP contribution in [-0.2, 0) is 6.42 Å². The first kappa shape index (κ1) is 15.6. The van der Waals surface area contributed by atoms with Gasteiger partial charge in [-0.25, -0.2) is 0 Å². The molecule has 0 spiro atoms. The zero-order valence-electron chi connectivity index (χ0n) is 13.2. The van der Waals surface area contributed by atoms with E-state index in [4.69, 9.17) is 4.74 Å². The van der Waals surface area contributed by atoms with E-state index in [1.54, 1.807) is 7.11 Å². The fourth-order valence-corrected chi connectivity index (χ4v) is 2.71. The van der Waals surface area contributed by atoms with Gasteiger partial charge in [-0.2, -0.15) is 0 Å². The standard InChI is InChI=1S/C19H25NO/c1-4-20-18(12-10-16-8-6-5-7-9-16)17-11-13-19(21-3)15(2)14-17/h5-9,11,13-14,18,20H,4,10,12H2,1-3H3. The predicted molar refractivity (Wildman–Crippen MR) is 88.9 cm³/mol. The van der Waals surface area contributed by atoms with Crippen LogP contribution >= 0.6 is 0 Å². The van der Waals surface area contributed by atoms with E-state index in [-0.39, 0.29) is 0 Å². The molecule has 112 valence electrons. The second kappa shape index (κ2) is 7.84. The Balaban J connectivity index is 2.09. The quantitative estimate of drug-likeness (QED) is 0.818. The lowest BCUT2D eigenvalue weighted by atomic mass is 9.97. The molecule has 0 aromatic heterocycles. The normalized spacial score (nSPS) is 12.1. The molecular formula is C19H25NO. The zero-order valence-corrected chi connectivity index (χ0v) is 13.2. The lowest BCUT2D eigenvalue weighted by Crippen LogP contribution is -2.21. The van der Waals surface area contributed by atoms with Crippen molar-refractivity contribution >= 4 is 0 Å². The Kier molecular flexibility index (Phi) is 5.82. The summed E-state index contributed by atoms with van der Waals surface area (Å²) in [7, 11) is 1.72. The number of ether oxygens (including phenoxy) is 1. The van der Waals surface area contributed by atoms with Crippen LogP contribution in [0.1, 0.15) is 36.1 Å². The van der Waals surface area contributed by atoms with Gasteiger partial charge in [0.05, 0.1) is 7.11 Å². The van der Waals surface area contributed by atoms with Gasteiger partial charge in [-0.1, -0.05) is 49.4 Å². The summed E-state index contributed by atoms with van der Waals surface area (Å²) in [6, 6.07) is 17.5. The largest absolute Gasteiger partial charge is 0.496 e. The molecule has 0 aliphatic heterocycles. The van der Waals surface area contributed by atoms with Crippen LogP contribution in [0, 0.1) is 6.92 Å². The lowest BCUT2D eigenvalue weighted by molar-refractivity contribution is 0.411. The Morgan fingerprint density at radius 1 is 1.10 bits per heavy atom. The Bertz CT molecular complexity index is 551. The molecule has 0 fully saturated rings. The number of aryl methyl sites for hydroxylation is 2. The van der Waals surface area contributed by atoms with Gasteiger partial charge in [0.1, 0.15) is 5.75 Å². The molecule has 0 aliphatic rings. The van der Waals surface area contributed by atoms with Crippen molar-refractivity contribution in [3.05, 3.63) is 65.2 Å².